The summed E-state index contributed by atoms with van der Waals surface area (Å²) in [5, 5.41) is 20.5. The number of carbonyl (C=O) groups is 5. The summed E-state index contributed by atoms with van der Waals surface area (Å²) in [6.07, 6.45) is -0.513. The molecule has 14 heteroatoms. The van der Waals surface area contributed by atoms with E-state index < -0.39 is 65.0 Å². The number of carbonyl (C=O) groups excluding carboxylic acids is 5. The predicted octanol–water partition coefficient (Wildman–Crippen LogP) is 1.70. The van der Waals surface area contributed by atoms with Crippen LogP contribution >= 0.6 is 0 Å². The van der Waals surface area contributed by atoms with Crippen LogP contribution in [0.25, 0.3) is 0 Å². The minimum Gasteiger partial charge on any atom is -0.459 e. The summed E-state index contributed by atoms with van der Waals surface area (Å²) in [5.74, 6) is -2.61. The van der Waals surface area contributed by atoms with Crippen LogP contribution in [0.2, 0.25) is 0 Å². The highest BCUT2D eigenvalue weighted by Gasteiger charge is 2.27. The molecule has 1 rings (SSSR count). The van der Waals surface area contributed by atoms with Crippen molar-refractivity contribution in [3.8, 4) is 0 Å². The molecule has 40 heavy (non-hydrogen) atoms. The molecule has 14 nitrogen and oxygen atoms in total. The molecule has 0 aromatic heterocycles. The molecule has 0 saturated carbocycles. The number of benzene rings is 1. The molecule has 1 aromatic rings. The van der Waals surface area contributed by atoms with Crippen molar-refractivity contribution in [2.24, 2.45) is 5.92 Å². The smallest absolute Gasteiger partial charge is 0.408 e. The second-order valence-electron chi connectivity index (χ2n) is 10.6. The first kappa shape index (κ1) is 33.8. The first-order valence-corrected chi connectivity index (χ1v) is 12.8. The van der Waals surface area contributed by atoms with Gasteiger partial charge in [-0.1, -0.05) is 13.8 Å². The van der Waals surface area contributed by atoms with Gasteiger partial charge in [0.25, 0.3) is 5.69 Å². The van der Waals surface area contributed by atoms with E-state index in [-0.39, 0.29) is 24.6 Å². The number of nitrogens with zero attached hydrogens (tertiary/aromatic N) is 1. The zero-order valence-electron chi connectivity index (χ0n) is 23.9. The Bertz CT molecular complexity index is 1070. The molecule has 0 aliphatic heterocycles. The van der Waals surface area contributed by atoms with E-state index in [1.54, 1.807) is 20.8 Å². The Morgan fingerprint density at radius 3 is 2.02 bits per heavy atom. The third-order valence-corrected chi connectivity index (χ3v) is 5.15. The summed E-state index contributed by atoms with van der Waals surface area (Å²) < 4.78 is 10.3. The van der Waals surface area contributed by atoms with E-state index in [0.29, 0.717) is 5.56 Å². The quantitative estimate of drug-likeness (QED) is 0.156. The highest BCUT2D eigenvalue weighted by molar-refractivity contribution is 5.93. The average Bonchev–Trinajstić information content (AvgIpc) is 2.83. The fourth-order valence-corrected chi connectivity index (χ4v) is 3.18. The molecule has 0 bridgehead atoms. The molecule has 4 amide bonds. The molecule has 0 aliphatic carbocycles. The third-order valence-electron chi connectivity index (χ3n) is 5.15. The molecule has 0 unspecified atom stereocenters. The van der Waals surface area contributed by atoms with Crippen molar-refractivity contribution in [3.63, 3.8) is 0 Å². The first-order valence-electron chi connectivity index (χ1n) is 12.8. The van der Waals surface area contributed by atoms with E-state index in [9.17, 15) is 34.1 Å². The highest BCUT2D eigenvalue weighted by atomic mass is 16.6. The van der Waals surface area contributed by atoms with Crippen LogP contribution in [-0.2, 0) is 35.3 Å². The number of ether oxygens (including phenoxy) is 2. The van der Waals surface area contributed by atoms with Crippen molar-refractivity contribution in [1.29, 1.82) is 0 Å². The molecule has 0 fully saturated rings. The monoisotopic (exact) mass is 565 g/mol. The number of esters is 1. The molecular formula is C26H39N5O9. The highest BCUT2D eigenvalue weighted by Crippen LogP contribution is 2.13. The van der Waals surface area contributed by atoms with Crippen molar-refractivity contribution in [3.05, 3.63) is 39.9 Å². The van der Waals surface area contributed by atoms with Crippen LogP contribution in [0.3, 0.4) is 0 Å². The number of nitro groups is 1. The third kappa shape index (κ3) is 13.0. The summed E-state index contributed by atoms with van der Waals surface area (Å²) in [6, 6.07) is 2.46. The molecule has 0 aliphatic rings. The van der Waals surface area contributed by atoms with Crippen LogP contribution in [0.15, 0.2) is 24.3 Å². The van der Waals surface area contributed by atoms with Gasteiger partial charge in [-0.25, -0.2) is 9.59 Å². The number of rotatable bonds is 13. The maximum Gasteiger partial charge on any atom is 0.408 e. The van der Waals surface area contributed by atoms with Crippen LogP contribution in [0.4, 0.5) is 10.5 Å². The number of hydrogen-bond acceptors (Lipinski definition) is 9. The van der Waals surface area contributed by atoms with Gasteiger partial charge >= 0.3 is 12.1 Å². The van der Waals surface area contributed by atoms with Crippen LogP contribution in [0, 0.1) is 16.0 Å². The Balaban J connectivity index is 2.57. The van der Waals surface area contributed by atoms with Crippen molar-refractivity contribution in [1.82, 2.24) is 21.3 Å². The lowest BCUT2D eigenvalue weighted by atomic mass is 10.0. The Kier molecular flexibility index (Phi) is 13.0. The van der Waals surface area contributed by atoms with E-state index >= 15 is 0 Å². The summed E-state index contributed by atoms with van der Waals surface area (Å²) in [4.78, 5) is 72.0. The number of alkyl carbamates (subject to hydrolysis) is 1. The van der Waals surface area contributed by atoms with Gasteiger partial charge < -0.3 is 30.7 Å². The molecular weight excluding hydrogens is 526 g/mol. The van der Waals surface area contributed by atoms with Gasteiger partial charge in [0, 0.05) is 12.1 Å². The van der Waals surface area contributed by atoms with Gasteiger partial charge in [0.15, 0.2) is 0 Å². The Morgan fingerprint density at radius 1 is 0.900 bits per heavy atom. The Labute approximate surface area is 233 Å². The summed E-state index contributed by atoms with van der Waals surface area (Å²) in [7, 11) is 0. The topological polar surface area (TPSA) is 195 Å². The lowest BCUT2D eigenvalue weighted by molar-refractivity contribution is -0.384. The van der Waals surface area contributed by atoms with Gasteiger partial charge in [-0.15, -0.1) is 0 Å². The summed E-state index contributed by atoms with van der Waals surface area (Å²) >= 11 is 0. The number of hydrogen-bond donors (Lipinski definition) is 4. The van der Waals surface area contributed by atoms with E-state index in [1.165, 1.54) is 38.1 Å². The molecule has 0 spiro atoms. The molecule has 3 atom stereocenters. The minimum absolute atomic E-state index is 0.0181. The molecule has 0 heterocycles. The number of nitrogens with one attached hydrogen (secondary N) is 4. The molecule has 0 saturated heterocycles. The van der Waals surface area contributed by atoms with Crippen molar-refractivity contribution >= 4 is 35.5 Å². The normalized spacial score (nSPS) is 13.3. The van der Waals surface area contributed by atoms with E-state index in [1.807, 2.05) is 13.8 Å². The summed E-state index contributed by atoms with van der Waals surface area (Å²) in [5.41, 5.74) is -0.318. The second kappa shape index (κ2) is 15.4. The van der Waals surface area contributed by atoms with Crippen molar-refractivity contribution in [2.75, 3.05) is 6.54 Å². The maximum atomic E-state index is 12.7. The fourth-order valence-electron chi connectivity index (χ4n) is 3.18. The van der Waals surface area contributed by atoms with Crippen LogP contribution in [0.1, 0.15) is 60.5 Å². The van der Waals surface area contributed by atoms with Gasteiger partial charge in [-0.05, 0) is 64.7 Å². The lowest BCUT2D eigenvalue weighted by Gasteiger charge is -2.24. The van der Waals surface area contributed by atoms with Gasteiger partial charge in [0.05, 0.1) is 11.5 Å². The molecule has 1 aromatic carbocycles. The molecule has 0 radical (unpaired) electrons. The van der Waals surface area contributed by atoms with Crippen molar-refractivity contribution < 1.29 is 38.4 Å². The van der Waals surface area contributed by atoms with Crippen LogP contribution in [0.5, 0.6) is 0 Å². The maximum absolute atomic E-state index is 12.7. The Morgan fingerprint density at radius 2 is 1.50 bits per heavy atom. The van der Waals surface area contributed by atoms with Gasteiger partial charge in [-0.3, -0.25) is 24.5 Å². The zero-order valence-corrected chi connectivity index (χ0v) is 23.9. The zero-order chi connectivity index (χ0) is 30.6. The van der Waals surface area contributed by atoms with Crippen LogP contribution < -0.4 is 21.3 Å². The SMILES string of the molecule is CC(C)C[C@H](NC(=O)[C@H](C)NC(=O)OC(C)(C)C)C(=O)NCC(=O)N[C@@H](C)C(=O)OCc1ccc([N+](=O)[O-])cc1. The lowest BCUT2D eigenvalue weighted by Crippen LogP contribution is -2.54. The van der Waals surface area contributed by atoms with Gasteiger partial charge in [0.2, 0.25) is 17.7 Å². The van der Waals surface area contributed by atoms with E-state index in [2.05, 4.69) is 21.3 Å². The van der Waals surface area contributed by atoms with E-state index in [0.717, 1.165) is 0 Å². The molecule has 4 N–H and O–H groups in total. The van der Waals surface area contributed by atoms with E-state index in [4.69, 9.17) is 9.47 Å². The number of non-ortho nitro benzene ring substituents is 1. The standard InChI is InChI=1S/C26H39N5O9/c1-15(2)12-20(30-22(33)16(3)29-25(36)40-26(5,6)7)23(34)27-13-21(32)28-17(4)24(35)39-14-18-8-10-19(11-9-18)31(37)38/h8-11,15-17,20H,12-14H2,1-7H3,(H,27,34)(H,28,32)(H,29,36)(H,30,33)/t16-,17-,20-/m0/s1. The predicted molar refractivity (Wildman–Crippen MR) is 144 cm³/mol. The molecule has 222 valence electrons. The largest absolute Gasteiger partial charge is 0.459 e. The van der Waals surface area contributed by atoms with Crippen LogP contribution in [-0.4, -0.2) is 65.0 Å². The average molecular weight is 566 g/mol. The van der Waals surface area contributed by atoms with Gasteiger partial charge in [0.1, 0.15) is 30.3 Å². The van der Waals surface area contributed by atoms with Gasteiger partial charge in [-0.2, -0.15) is 0 Å². The number of nitro benzene ring substituents is 1. The summed E-state index contributed by atoms with van der Waals surface area (Å²) in [6.45, 7) is 11.0. The Hall–Kier alpha value is -4.23. The second-order valence-corrected chi connectivity index (χ2v) is 10.6. The minimum atomic E-state index is -1.03. The first-order chi connectivity index (χ1) is 18.5. The van der Waals surface area contributed by atoms with Crippen molar-refractivity contribution in [2.45, 2.75) is 85.2 Å². The number of amides is 4. The fraction of sp³-hybridized carbons (Fsp3) is 0.577.